The number of aryl methyl sites for hydroxylation is 1. The summed E-state index contributed by atoms with van der Waals surface area (Å²) in [6.45, 7) is 2.00. The highest BCUT2D eigenvalue weighted by Gasteiger charge is 2.17. The lowest BCUT2D eigenvalue weighted by Crippen LogP contribution is -2.31. The van der Waals surface area contributed by atoms with Crippen LogP contribution >= 0.6 is 0 Å². The molecule has 2 heterocycles. The molecule has 0 amide bonds. The van der Waals surface area contributed by atoms with Gasteiger partial charge in [0, 0.05) is 5.56 Å². The van der Waals surface area contributed by atoms with E-state index in [9.17, 15) is 5.21 Å². The van der Waals surface area contributed by atoms with Crippen LogP contribution in [0.2, 0.25) is 0 Å². The molecule has 94 valence electrons. The highest BCUT2D eigenvalue weighted by Crippen LogP contribution is 2.17. The Morgan fingerprint density at radius 1 is 1.11 bits per heavy atom. The summed E-state index contributed by atoms with van der Waals surface area (Å²) in [5.74, 6) is 0.554. The van der Waals surface area contributed by atoms with Crippen LogP contribution in [-0.4, -0.2) is 10.2 Å². The monoisotopic (exact) mass is 253 g/mol. The zero-order valence-corrected chi connectivity index (χ0v) is 10.3. The molecule has 5 nitrogen and oxygen atoms in total. The van der Waals surface area contributed by atoms with E-state index < -0.39 is 0 Å². The van der Waals surface area contributed by atoms with Crippen molar-refractivity contribution in [3.8, 4) is 22.8 Å². The number of nitrogens with zero attached hydrogens (tertiary/aromatic N) is 3. The van der Waals surface area contributed by atoms with Gasteiger partial charge in [-0.15, -0.1) is 0 Å². The van der Waals surface area contributed by atoms with E-state index in [-0.39, 0.29) is 5.82 Å². The van der Waals surface area contributed by atoms with E-state index in [0.717, 1.165) is 11.1 Å². The van der Waals surface area contributed by atoms with Crippen molar-refractivity contribution in [3.05, 3.63) is 59.6 Å². The third-order valence-electron chi connectivity index (χ3n) is 2.79. The minimum Gasteiger partial charge on any atom is -0.710 e. The topological polar surface area (TPSA) is 65.9 Å². The number of hydrogen-bond acceptors (Lipinski definition) is 4. The van der Waals surface area contributed by atoms with E-state index in [4.69, 9.17) is 4.42 Å². The summed E-state index contributed by atoms with van der Waals surface area (Å²) in [5, 5.41) is 19.9. The molecule has 0 atom stereocenters. The van der Waals surface area contributed by atoms with Gasteiger partial charge < -0.3 is 9.62 Å². The van der Waals surface area contributed by atoms with Gasteiger partial charge in [-0.1, -0.05) is 29.8 Å². The van der Waals surface area contributed by atoms with E-state index in [0.29, 0.717) is 16.2 Å². The van der Waals surface area contributed by atoms with Gasteiger partial charge in [-0.3, -0.25) is 0 Å². The summed E-state index contributed by atoms with van der Waals surface area (Å²) < 4.78 is 5.81. The van der Waals surface area contributed by atoms with Gasteiger partial charge in [-0.25, -0.2) is 4.73 Å². The first kappa shape index (κ1) is 11.4. The van der Waals surface area contributed by atoms with Crippen molar-refractivity contribution < 1.29 is 9.15 Å². The van der Waals surface area contributed by atoms with Crippen LogP contribution in [0.3, 0.4) is 0 Å². The Morgan fingerprint density at radius 3 is 2.53 bits per heavy atom. The van der Waals surface area contributed by atoms with Crippen molar-refractivity contribution in [3.63, 3.8) is 0 Å². The van der Waals surface area contributed by atoms with Gasteiger partial charge in [0.2, 0.25) is 5.76 Å². The van der Waals surface area contributed by atoms with Crippen LogP contribution in [-0.2, 0) is 0 Å². The summed E-state index contributed by atoms with van der Waals surface area (Å²) in [7, 11) is 0. The third kappa shape index (κ3) is 2.18. The molecule has 3 rings (SSSR count). The Balaban J connectivity index is 2.02. The molecule has 0 spiro atoms. The molecule has 0 aliphatic heterocycles. The summed E-state index contributed by atoms with van der Waals surface area (Å²) in [4.78, 5) is 0. The number of hydrogen-bond donors (Lipinski definition) is 0. The van der Waals surface area contributed by atoms with Crippen LogP contribution in [0.4, 0.5) is 0 Å². The minimum absolute atomic E-state index is 0.154. The van der Waals surface area contributed by atoms with Crippen LogP contribution in [0, 0.1) is 12.1 Å². The van der Waals surface area contributed by atoms with Gasteiger partial charge in [0.15, 0.2) is 5.69 Å². The Hall–Kier alpha value is -2.69. The van der Waals surface area contributed by atoms with Crippen molar-refractivity contribution in [2.24, 2.45) is 0 Å². The lowest BCUT2D eigenvalue weighted by atomic mass is 10.1. The lowest BCUT2D eigenvalue weighted by Gasteiger charge is -2.05. The minimum atomic E-state index is 0.154. The normalized spacial score (nSPS) is 10.6. The fraction of sp³-hybridized carbons (Fsp3) is 0.0714. The molecule has 5 heteroatoms. The maximum Gasteiger partial charge on any atom is 0.396 e. The smallest absolute Gasteiger partial charge is 0.396 e. The second-order valence-electron chi connectivity index (χ2n) is 4.21. The predicted molar refractivity (Wildman–Crippen MR) is 68.9 cm³/mol. The molecule has 0 N–H and O–H groups in total. The summed E-state index contributed by atoms with van der Waals surface area (Å²) in [5.41, 5.74) is 2.54. The summed E-state index contributed by atoms with van der Waals surface area (Å²) in [6, 6.07) is 11.1. The number of furan rings is 1. The fourth-order valence-electron chi connectivity index (χ4n) is 1.76. The first-order valence-corrected chi connectivity index (χ1v) is 5.82. The third-order valence-corrected chi connectivity index (χ3v) is 2.79. The molecular weight excluding hydrogens is 242 g/mol. The van der Waals surface area contributed by atoms with Gasteiger partial charge >= 0.3 is 5.82 Å². The Morgan fingerprint density at radius 2 is 1.89 bits per heavy atom. The Kier molecular flexibility index (Phi) is 2.72. The Bertz CT molecular complexity index is 691. The van der Waals surface area contributed by atoms with Crippen molar-refractivity contribution in [2.45, 2.75) is 6.92 Å². The Labute approximate surface area is 109 Å². The van der Waals surface area contributed by atoms with Crippen molar-refractivity contribution in [1.29, 1.82) is 0 Å². The van der Waals surface area contributed by atoms with Crippen LogP contribution in [0.1, 0.15) is 5.56 Å². The molecule has 0 aliphatic carbocycles. The van der Waals surface area contributed by atoms with Gasteiger partial charge in [0.1, 0.15) is 6.20 Å². The lowest BCUT2D eigenvalue weighted by molar-refractivity contribution is -0.597. The van der Waals surface area contributed by atoms with Gasteiger partial charge in [-0.2, -0.15) is 0 Å². The molecule has 0 aliphatic rings. The largest absolute Gasteiger partial charge is 0.710 e. The maximum absolute atomic E-state index is 11.9. The molecule has 2 aromatic heterocycles. The van der Waals surface area contributed by atoms with Crippen LogP contribution < -0.4 is 4.73 Å². The molecule has 0 unspecified atom stereocenters. The zero-order valence-electron chi connectivity index (χ0n) is 10.3. The van der Waals surface area contributed by atoms with E-state index in [1.165, 1.54) is 12.5 Å². The predicted octanol–water partition coefficient (Wildman–Crippen LogP) is 2.35. The van der Waals surface area contributed by atoms with E-state index in [2.05, 4.69) is 10.2 Å². The van der Waals surface area contributed by atoms with Crippen LogP contribution in [0.25, 0.3) is 22.8 Å². The number of aromatic nitrogens is 3. The fourth-order valence-corrected chi connectivity index (χ4v) is 1.76. The molecular formula is C14H11N3O2. The summed E-state index contributed by atoms with van der Waals surface area (Å²) >= 11 is 0. The second-order valence-corrected chi connectivity index (χ2v) is 4.21. The molecule has 19 heavy (non-hydrogen) atoms. The number of rotatable bonds is 2. The van der Waals surface area contributed by atoms with Crippen LogP contribution in [0.5, 0.6) is 0 Å². The van der Waals surface area contributed by atoms with Crippen molar-refractivity contribution in [1.82, 2.24) is 10.2 Å². The quantitative estimate of drug-likeness (QED) is 0.519. The van der Waals surface area contributed by atoms with Gasteiger partial charge in [0.05, 0.1) is 11.4 Å². The SMILES string of the molecule is Cc1ccc(-c2c[n+]([O-])c(-c3ccco3)nn2)cc1. The van der Waals surface area contributed by atoms with E-state index >= 15 is 0 Å². The molecule has 1 aromatic carbocycles. The maximum atomic E-state index is 11.9. The van der Waals surface area contributed by atoms with Crippen molar-refractivity contribution >= 4 is 0 Å². The van der Waals surface area contributed by atoms with E-state index in [1.807, 2.05) is 31.2 Å². The standard InChI is InChI=1S/C14H11N3O2/c1-10-4-6-11(7-5-10)12-9-17(18)14(16-15-12)13-3-2-8-19-13/h2-9H,1H3. The van der Waals surface area contributed by atoms with E-state index in [1.54, 1.807) is 12.1 Å². The van der Waals surface area contributed by atoms with Crippen molar-refractivity contribution in [2.75, 3.05) is 0 Å². The average Bonchev–Trinajstić information content (AvgIpc) is 2.93. The van der Waals surface area contributed by atoms with Gasteiger partial charge in [0.25, 0.3) is 0 Å². The second kappa shape index (κ2) is 4.53. The van der Waals surface area contributed by atoms with Gasteiger partial charge in [-0.05, 0) is 24.2 Å². The average molecular weight is 253 g/mol. The molecule has 0 radical (unpaired) electrons. The first-order valence-electron chi connectivity index (χ1n) is 5.82. The summed E-state index contributed by atoms with van der Waals surface area (Å²) in [6.07, 6.45) is 2.89. The first-order chi connectivity index (χ1) is 9.24. The molecule has 0 saturated heterocycles. The molecule has 0 saturated carbocycles. The molecule has 0 fully saturated rings. The van der Waals surface area contributed by atoms with Crippen LogP contribution in [0.15, 0.2) is 53.3 Å². The highest BCUT2D eigenvalue weighted by molar-refractivity contribution is 5.57. The number of benzene rings is 1. The highest BCUT2D eigenvalue weighted by atomic mass is 16.5. The molecule has 0 bridgehead atoms. The molecule has 3 aromatic rings. The zero-order chi connectivity index (χ0) is 13.2.